The number of nitrogens with zero attached hydrogens (tertiary/aromatic N) is 1. The maximum Gasteiger partial charge on any atom is 0.224 e. The lowest BCUT2D eigenvalue weighted by Crippen LogP contribution is -2.58. The highest BCUT2D eigenvalue weighted by Crippen LogP contribution is 2.38. The number of fused-ring (bicyclic) bond motifs is 2. The molecule has 108 valence electrons. The monoisotopic (exact) mass is 289 g/mol. The molecule has 0 aromatic carbocycles. The van der Waals surface area contributed by atoms with Gasteiger partial charge in [0, 0.05) is 5.92 Å². The third-order valence-electron chi connectivity index (χ3n) is 4.30. The molecule has 6 nitrogen and oxygen atoms in total. The zero-order chi connectivity index (χ0) is 13.8. The summed E-state index contributed by atoms with van der Waals surface area (Å²) in [7, 11) is -3.48. The maximum absolute atomic E-state index is 12.5. The van der Waals surface area contributed by atoms with Gasteiger partial charge in [-0.25, -0.2) is 8.42 Å². The van der Waals surface area contributed by atoms with Crippen LogP contribution in [0.5, 0.6) is 0 Å². The normalized spacial score (nSPS) is 36.8. The fourth-order valence-electron chi connectivity index (χ4n) is 3.01. The predicted molar refractivity (Wildman–Crippen MR) is 66.8 cm³/mol. The summed E-state index contributed by atoms with van der Waals surface area (Å²) >= 11 is 0. The molecular formula is C12H19NO5S. The number of ether oxygens (including phenoxy) is 2. The molecule has 0 radical (unpaired) electrons. The molecular weight excluding hydrogens is 270 g/mol. The van der Waals surface area contributed by atoms with Crippen LogP contribution in [0.3, 0.4) is 0 Å². The molecule has 0 aromatic rings. The van der Waals surface area contributed by atoms with E-state index in [4.69, 9.17) is 9.47 Å². The second-order valence-corrected chi connectivity index (χ2v) is 7.98. The molecule has 0 aliphatic carbocycles. The highest BCUT2D eigenvalue weighted by Gasteiger charge is 2.55. The van der Waals surface area contributed by atoms with Crippen molar-refractivity contribution in [3.63, 3.8) is 0 Å². The number of Topliss-reactive ketones (excluding diaryl/α,β-unsaturated/α-hetero) is 1. The van der Waals surface area contributed by atoms with Crippen molar-refractivity contribution in [2.45, 2.75) is 37.8 Å². The summed E-state index contributed by atoms with van der Waals surface area (Å²) in [6.45, 7) is 4.75. The Labute approximate surface area is 113 Å². The van der Waals surface area contributed by atoms with Crippen molar-refractivity contribution >= 4 is 15.8 Å². The van der Waals surface area contributed by atoms with E-state index in [0.717, 1.165) is 0 Å². The largest absolute Gasteiger partial charge is 0.378 e. The average molecular weight is 289 g/mol. The van der Waals surface area contributed by atoms with Crippen LogP contribution in [0.25, 0.3) is 0 Å². The molecule has 0 spiro atoms. The minimum absolute atomic E-state index is 0.0902. The molecule has 0 unspecified atom stereocenters. The summed E-state index contributed by atoms with van der Waals surface area (Å²) < 4.78 is 36.6. The first-order chi connectivity index (χ1) is 8.93. The Kier molecular flexibility index (Phi) is 3.20. The number of carbonyl (C=O) groups is 1. The molecule has 0 saturated carbocycles. The molecule has 3 aliphatic heterocycles. The van der Waals surface area contributed by atoms with Gasteiger partial charge in [-0.2, -0.15) is 4.31 Å². The van der Waals surface area contributed by atoms with Crippen LogP contribution in [0.2, 0.25) is 0 Å². The molecule has 0 aromatic heterocycles. The zero-order valence-electron chi connectivity index (χ0n) is 11.1. The summed E-state index contributed by atoms with van der Waals surface area (Å²) in [6.07, 6.45) is -0.337. The summed E-state index contributed by atoms with van der Waals surface area (Å²) in [5.41, 5.74) is 0. The van der Waals surface area contributed by atoms with Crippen LogP contribution in [0.15, 0.2) is 0 Å². The lowest BCUT2D eigenvalue weighted by Gasteiger charge is -2.39. The van der Waals surface area contributed by atoms with E-state index < -0.39 is 21.5 Å². The Morgan fingerprint density at radius 2 is 1.95 bits per heavy atom. The number of piperidine rings is 1. The van der Waals surface area contributed by atoms with Crippen molar-refractivity contribution in [3.05, 3.63) is 0 Å². The standard InChI is InChI=1S/C12H19NO5S/c1-7(2)10-3-8-4-18-12(11(10)14)13(8)19(15,16)9-5-17-6-9/h7-10,12H,3-6H2,1-2H3/t8-,10-,12-/m0/s1. The molecule has 7 heteroatoms. The first-order valence-electron chi connectivity index (χ1n) is 6.68. The van der Waals surface area contributed by atoms with E-state index >= 15 is 0 Å². The lowest BCUT2D eigenvalue weighted by atomic mass is 9.83. The van der Waals surface area contributed by atoms with E-state index in [2.05, 4.69) is 0 Å². The fourth-order valence-corrected chi connectivity index (χ4v) is 4.89. The summed E-state index contributed by atoms with van der Waals surface area (Å²) in [6, 6.07) is -0.194. The Balaban J connectivity index is 1.88. The number of ketones is 1. The molecule has 19 heavy (non-hydrogen) atoms. The number of rotatable bonds is 3. The molecule has 0 N–H and O–H groups in total. The molecule has 3 saturated heterocycles. The van der Waals surface area contributed by atoms with Crippen LogP contribution in [-0.4, -0.2) is 55.8 Å². The van der Waals surface area contributed by atoms with Crippen LogP contribution in [0.1, 0.15) is 20.3 Å². The number of sulfonamides is 1. The molecule has 3 atom stereocenters. The van der Waals surface area contributed by atoms with Gasteiger partial charge in [-0.3, -0.25) is 4.79 Å². The van der Waals surface area contributed by atoms with Gasteiger partial charge >= 0.3 is 0 Å². The van der Waals surface area contributed by atoms with Gasteiger partial charge in [0.25, 0.3) is 0 Å². The minimum atomic E-state index is -3.48. The highest BCUT2D eigenvalue weighted by atomic mass is 32.2. The first-order valence-corrected chi connectivity index (χ1v) is 8.18. The van der Waals surface area contributed by atoms with E-state index in [1.165, 1.54) is 4.31 Å². The molecule has 3 aliphatic rings. The summed E-state index contributed by atoms with van der Waals surface area (Å²) in [5, 5.41) is -0.511. The molecule has 3 rings (SSSR count). The SMILES string of the molecule is CC(C)[C@@H]1C[C@H]2CO[C@@H](C1=O)N2S(=O)(=O)C1COC1. The maximum atomic E-state index is 12.5. The highest BCUT2D eigenvalue weighted by molar-refractivity contribution is 7.89. The molecule has 3 fully saturated rings. The van der Waals surface area contributed by atoms with Crippen molar-refractivity contribution in [2.24, 2.45) is 11.8 Å². The smallest absolute Gasteiger partial charge is 0.224 e. The van der Waals surface area contributed by atoms with E-state index in [-0.39, 0.29) is 36.9 Å². The number of hydrogen-bond donors (Lipinski definition) is 0. The van der Waals surface area contributed by atoms with Crippen molar-refractivity contribution in [1.82, 2.24) is 4.31 Å². The van der Waals surface area contributed by atoms with Crippen LogP contribution < -0.4 is 0 Å². The third-order valence-corrected chi connectivity index (χ3v) is 6.49. The Morgan fingerprint density at radius 3 is 2.47 bits per heavy atom. The van der Waals surface area contributed by atoms with Gasteiger partial charge < -0.3 is 9.47 Å². The second kappa shape index (κ2) is 4.51. The van der Waals surface area contributed by atoms with Crippen molar-refractivity contribution in [2.75, 3.05) is 19.8 Å². The minimum Gasteiger partial charge on any atom is -0.378 e. The van der Waals surface area contributed by atoms with E-state index in [9.17, 15) is 13.2 Å². The van der Waals surface area contributed by atoms with Gasteiger partial charge in [-0.1, -0.05) is 13.8 Å². The number of hydrogen-bond acceptors (Lipinski definition) is 5. The zero-order valence-corrected chi connectivity index (χ0v) is 11.9. The van der Waals surface area contributed by atoms with Crippen molar-refractivity contribution < 1.29 is 22.7 Å². The Morgan fingerprint density at radius 1 is 1.26 bits per heavy atom. The van der Waals surface area contributed by atoms with Crippen molar-refractivity contribution in [1.29, 1.82) is 0 Å². The van der Waals surface area contributed by atoms with Gasteiger partial charge in [-0.15, -0.1) is 0 Å². The van der Waals surface area contributed by atoms with Gasteiger partial charge in [0.15, 0.2) is 12.0 Å². The van der Waals surface area contributed by atoms with E-state index in [1.54, 1.807) is 0 Å². The third kappa shape index (κ3) is 1.94. The predicted octanol–water partition coefficient (Wildman–Crippen LogP) is -0.0131. The lowest BCUT2D eigenvalue weighted by molar-refractivity contribution is -0.139. The first kappa shape index (κ1) is 13.5. The molecule has 0 amide bonds. The summed E-state index contributed by atoms with van der Waals surface area (Å²) in [5.74, 6) is 0.0326. The number of carbonyl (C=O) groups excluding carboxylic acids is 1. The van der Waals surface area contributed by atoms with Gasteiger partial charge in [-0.05, 0) is 12.3 Å². The van der Waals surface area contributed by atoms with Crippen LogP contribution in [0, 0.1) is 11.8 Å². The van der Waals surface area contributed by atoms with Gasteiger partial charge in [0.1, 0.15) is 5.25 Å². The second-order valence-electron chi connectivity index (χ2n) is 5.86. The van der Waals surface area contributed by atoms with Gasteiger partial charge in [0.05, 0.1) is 25.9 Å². The Bertz CT molecular complexity index is 484. The summed E-state index contributed by atoms with van der Waals surface area (Å²) in [4.78, 5) is 12.3. The topological polar surface area (TPSA) is 72.9 Å². The fraction of sp³-hybridized carbons (Fsp3) is 0.917. The van der Waals surface area contributed by atoms with E-state index in [1.807, 2.05) is 13.8 Å². The van der Waals surface area contributed by atoms with E-state index in [0.29, 0.717) is 13.0 Å². The van der Waals surface area contributed by atoms with Crippen LogP contribution >= 0.6 is 0 Å². The van der Waals surface area contributed by atoms with Crippen molar-refractivity contribution in [3.8, 4) is 0 Å². The average Bonchev–Trinajstić information content (AvgIpc) is 2.58. The quantitative estimate of drug-likeness (QED) is 0.730. The molecule has 2 bridgehead atoms. The molecule has 3 heterocycles. The van der Waals surface area contributed by atoms with Gasteiger partial charge in [0.2, 0.25) is 10.0 Å². The van der Waals surface area contributed by atoms with Crippen LogP contribution in [0.4, 0.5) is 0 Å². The van der Waals surface area contributed by atoms with Crippen LogP contribution in [-0.2, 0) is 24.3 Å². The Hall–Kier alpha value is -0.500.